The van der Waals surface area contributed by atoms with E-state index in [1.165, 1.54) is 0 Å². The minimum Gasteiger partial charge on any atom is -0.354 e. The second kappa shape index (κ2) is 10.9. The fraction of sp³-hybridized carbons (Fsp3) is 0.391. The van der Waals surface area contributed by atoms with E-state index in [0.717, 1.165) is 29.5 Å². The van der Waals surface area contributed by atoms with Gasteiger partial charge in [-0.05, 0) is 37.5 Å². The highest BCUT2D eigenvalue weighted by Gasteiger charge is 2.26. The van der Waals surface area contributed by atoms with E-state index < -0.39 is 6.04 Å². The van der Waals surface area contributed by atoms with Gasteiger partial charge in [-0.2, -0.15) is 0 Å². The van der Waals surface area contributed by atoms with Gasteiger partial charge in [-0.1, -0.05) is 73.0 Å². The van der Waals surface area contributed by atoms with E-state index in [-0.39, 0.29) is 18.2 Å². The minimum atomic E-state index is -0.563. The molecule has 0 bridgehead atoms. The Morgan fingerprint density at radius 1 is 1.14 bits per heavy atom. The van der Waals surface area contributed by atoms with E-state index in [1.54, 1.807) is 17.9 Å². The minimum absolute atomic E-state index is 0.118. The summed E-state index contributed by atoms with van der Waals surface area (Å²) in [5, 5.41) is 3.49. The number of benzene rings is 2. The van der Waals surface area contributed by atoms with Crippen LogP contribution in [0.3, 0.4) is 0 Å². The van der Waals surface area contributed by atoms with Gasteiger partial charge in [-0.25, -0.2) is 0 Å². The second-order valence-corrected chi connectivity index (χ2v) is 7.51. The average molecular weight is 401 g/mol. The molecule has 0 saturated heterocycles. The number of amides is 2. The van der Waals surface area contributed by atoms with Gasteiger partial charge in [0, 0.05) is 18.1 Å². The zero-order chi connectivity index (χ0) is 20.5. The molecule has 0 aromatic heterocycles. The molecular formula is C23H29ClN2O2. The lowest BCUT2D eigenvalue weighted by molar-refractivity contribution is -0.140. The Balaban J connectivity index is 2.20. The lowest BCUT2D eigenvalue weighted by atomic mass is 10.1. The van der Waals surface area contributed by atoms with Crippen molar-refractivity contribution in [2.24, 2.45) is 0 Å². The number of carbonyl (C=O) groups is 2. The molecule has 0 aliphatic rings. The summed E-state index contributed by atoms with van der Waals surface area (Å²) in [5.41, 5.74) is 2.89. The van der Waals surface area contributed by atoms with Crippen molar-refractivity contribution in [2.45, 2.75) is 52.6 Å². The number of unbranched alkanes of at least 4 members (excludes halogenated alkanes) is 1. The summed E-state index contributed by atoms with van der Waals surface area (Å²) in [6.45, 7) is 6.87. The first-order chi connectivity index (χ1) is 13.4. The van der Waals surface area contributed by atoms with Crippen molar-refractivity contribution < 1.29 is 9.59 Å². The summed E-state index contributed by atoms with van der Waals surface area (Å²) in [4.78, 5) is 27.4. The number of halogens is 1. The van der Waals surface area contributed by atoms with Gasteiger partial charge in [-0.3, -0.25) is 9.59 Å². The molecule has 2 aromatic carbocycles. The Morgan fingerprint density at radius 3 is 2.57 bits per heavy atom. The third-order valence-electron chi connectivity index (χ3n) is 4.73. The van der Waals surface area contributed by atoms with Crippen LogP contribution >= 0.6 is 11.6 Å². The summed E-state index contributed by atoms with van der Waals surface area (Å²) in [6.07, 6.45) is 2.09. The van der Waals surface area contributed by atoms with E-state index in [9.17, 15) is 9.59 Å². The third kappa shape index (κ3) is 6.38. The van der Waals surface area contributed by atoms with Gasteiger partial charge in [0.15, 0.2) is 0 Å². The van der Waals surface area contributed by atoms with Gasteiger partial charge in [0.2, 0.25) is 11.8 Å². The molecular weight excluding hydrogens is 372 g/mol. The molecule has 0 radical (unpaired) electrons. The van der Waals surface area contributed by atoms with Crippen LogP contribution in [0.25, 0.3) is 0 Å². The Morgan fingerprint density at radius 2 is 1.89 bits per heavy atom. The maximum atomic E-state index is 13.1. The Hall–Kier alpha value is -2.33. The summed E-state index contributed by atoms with van der Waals surface area (Å²) in [6, 6.07) is 14.8. The predicted molar refractivity (Wildman–Crippen MR) is 114 cm³/mol. The van der Waals surface area contributed by atoms with Crippen molar-refractivity contribution in [1.82, 2.24) is 10.2 Å². The SMILES string of the molecule is CCCCNC(=O)[C@@H](C)N(Cc1cccc(C)c1)C(=O)Cc1ccccc1Cl. The lowest BCUT2D eigenvalue weighted by Gasteiger charge is -2.29. The van der Waals surface area contributed by atoms with Gasteiger partial charge in [0.05, 0.1) is 6.42 Å². The summed E-state index contributed by atoms with van der Waals surface area (Å²) < 4.78 is 0. The van der Waals surface area contributed by atoms with Gasteiger partial charge < -0.3 is 10.2 Å². The van der Waals surface area contributed by atoms with Crippen LogP contribution < -0.4 is 5.32 Å². The van der Waals surface area contributed by atoms with E-state index in [1.807, 2.05) is 49.4 Å². The zero-order valence-corrected chi connectivity index (χ0v) is 17.6. The van der Waals surface area contributed by atoms with Crippen molar-refractivity contribution >= 4 is 23.4 Å². The van der Waals surface area contributed by atoms with Crippen LogP contribution in [0.4, 0.5) is 0 Å². The molecule has 0 aliphatic heterocycles. The number of nitrogens with zero attached hydrogens (tertiary/aromatic N) is 1. The molecule has 0 unspecified atom stereocenters. The standard InChI is InChI=1S/C23H29ClN2O2/c1-4-5-13-25-23(28)18(3)26(16-19-10-8-9-17(2)14-19)22(27)15-20-11-6-7-12-21(20)24/h6-12,14,18H,4-5,13,15-16H2,1-3H3,(H,25,28)/t18-/m1/s1. The number of carbonyl (C=O) groups excluding carboxylic acids is 2. The fourth-order valence-electron chi connectivity index (χ4n) is 3.03. The van der Waals surface area contributed by atoms with Crippen LogP contribution in [0.1, 0.15) is 43.4 Å². The first-order valence-corrected chi connectivity index (χ1v) is 10.2. The molecule has 28 heavy (non-hydrogen) atoms. The normalized spacial score (nSPS) is 11.7. The molecule has 0 aliphatic carbocycles. The molecule has 2 rings (SSSR count). The van der Waals surface area contributed by atoms with Gasteiger partial charge in [0.25, 0.3) is 0 Å². The molecule has 0 fully saturated rings. The highest BCUT2D eigenvalue weighted by atomic mass is 35.5. The maximum Gasteiger partial charge on any atom is 0.242 e. The van der Waals surface area contributed by atoms with E-state index in [0.29, 0.717) is 18.1 Å². The van der Waals surface area contributed by atoms with Crippen LogP contribution in [0.2, 0.25) is 5.02 Å². The Bertz CT molecular complexity index is 807. The molecule has 2 aromatic rings. The number of rotatable bonds is 9. The number of aryl methyl sites for hydroxylation is 1. The number of nitrogens with one attached hydrogen (secondary N) is 1. The number of hydrogen-bond acceptors (Lipinski definition) is 2. The van der Waals surface area contributed by atoms with Gasteiger partial charge >= 0.3 is 0 Å². The largest absolute Gasteiger partial charge is 0.354 e. The van der Waals surface area contributed by atoms with Crippen LogP contribution in [0.5, 0.6) is 0 Å². The molecule has 1 atom stereocenters. The van der Waals surface area contributed by atoms with Crippen LogP contribution in [0, 0.1) is 6.92 Å². The van der Waals surface area contributed by atoms with Crippen molar-refractivity contribution in [3.8, 4) is 0 Å². The van der Waals surface area contributed by atoms with Crippen LogP contribution in [-0.2, 0) is 22.6 Å². The summed E-state index contributed by atoms with van der Waals surface area (Å²) >= 11 is 6.23. The van der Waals surface area contributed by atoms with Crippen molar-refractivity contribution in [2.75, 3.05) is 6.54 Å². The van der Waals surface area contributed by atoms with Crippen LogP contribution in [0.15, 0.2) is 48.5 Å². The number of hydrogen-bond donors (Lipinski definition) is 1. The molecule has 150 valence electrons. The van der Waals surface area contributed by atoms with Crippen LogP contribution in [-0.4, -0.2) is 29.3 Å². The molecule has 1 N–H and O–H groups in total. The average Bonchev–Trinajstić information content (AvgIpc) is 2.67. The monoisotopic (exact) mass is 400 g/mol. The van der Waals surface area contributed by atoms with Crippen molar-refractivity contribution in [3.63, 3.8) is 0 Å². The first-order valence-electron chi connectivity index (χ1n) is 9.78. The summed E-state index contributed by atoms with van der Waals surface area (Å²) in [7, 11) is 0. The predicted octanol–water partition coefficient (Wildman–Crippen LogP) is 4.52. The third-order valence-corrected chi connectivity index (χ3v) is 5.10. The van der Waals surface area contributed by atoms with Crippen molar-refractivity contribution in [1.29, 1.82) is 0 Å². The zero-order valence-electron chi connectivity index (χ0n) is 16.9. The highest BCUT2D eigenvalue weighted by molar-refractivity contribution is 6.31. The first kappa shape index (κ1) is 22.0. The van der Waals surface area contributed by atoms with Gasteiger partial charge in [0.1, 0.15) is 6.04 Å². The summed E-state index contributed by atoms with van der Waals surface area (Å²) in [5.74, 6) is -0.249. The topological polar surface area (TPSA) is 49.4 Å². The maximum absolute atomic E-state index is 13.1. The van der Waals surface area contributed by atoms with E-state index in [4.69, 9.17) is 11.6 Å². The second-order valence-electron chi connectivity index (χ2n) is 7.10. The smallest absolute Gasteiger partial charge is 0.242 e. The Labute approximate surface area is 172 Å². The molecule has 4 nitrogen and oxygen atoms in total. The quantitative estimate of drug-likeness (QED) is 0.629. The molecule has 0 spiro atoms. The Kier molecular flexibility index (Phi) is 8.52. The fourth-order valence-corrected chi connectivity index (χ4v) is 3.23. The molecule has 0 saturated carbocycles. The van der Waals surface area contributed by atoms with Gasteiger partial charge in [-0.15, -0.1) is 0 Å². The van der Waals surface area contributed by atoms with E-state index in [2.05, 4.69) is 12.2 Å². The molecule has 5 heteroatoms. The lowest BCUT2D eigenvalue weighted by Crippen LogP contribution is -2.48. The highest BCUT2D eigenvalue weighted by Crippen LogP contribution is 2.18. The molecule has 2 amide bonds. The molecule has 0 heterocycles. The van der Waals surface area contributed by atoms with E-state index >= 15 is 0 Å². The van der Waals surface area contributed by atoms with Crippen molar-refractivity contribution in [3.05, 3.63) is 70.2 Å².